The Hall–Kier alpha value is -1.64. The number of guanidine groups is 1. The molecule has 1 aromatic rings. The van der Waals surface area contributed by atoms with E-state index in [1.807, 2.05) is 6.92 Å². The summed E-state index contributed by atoms with van der Waals surface area (Å²) in [6, 6.07) is 6.72. The van der Waals surface area contributed by atoms with Crippen LogP contribution in [-0.2, 0) is 14.8 Å². The first-order valence-corrected chi connectivity index (χ1v) is 9.23. The number of benzene rings is 1. The van der Waals surface area contributed by atoms with Crippen molar-refractivity contribution < 1.29 is 13.2 Å². The van der Waals surface area contributed by atoms with Gasteiger partial charge in [0.15, 0.2) is 0 Å². The van der Waals surface area contributed by atoms with E-state index in [0.29, 0.717) is 13.3 Å². The summed E-state index contributed by atoms with van der Waals surface area (Å²) in [4.78, 5) is 6.59. The molecule has 2 aliphatic rings. The minimum absolute atomic E-state index is 0.231. The smallest absolute Gasteiger partial charge is 0.264 e. The second kappa shape index (κ2) is 6.86. The molecule has 1 fully saturated rings. The molecular formula is C15H22N4O3S. The highest BCUT2D eigenvalue weighted by Gasteiger charge is 2.23. The van der Waals surface area contributed by atoms with Gasteiger partial charge in [0.05, 0.1) is 24.3 Å². The van der Waals surface area contributed by atoms with E-state index in [0.717, 1.165) is 31.6 Å². The van der Waals surface area contributed by atoms with Crippen LogP contribution in [0.15, 0.2) is 34.2 Å². The maximum Gasteiger partial charge on any atom is 0.264 e. The molecule has 0 amide bonds. The zero-order chi connectivity index (χ0) is 16.3. The van der Waals surface area contributed by atoms with Gasteiger partial charge in [-0.2, -0.15) is 0 Å². The van der Waals surface area contributed by atoms with Gasteiger partial charge in [-0.15, -0.1) is 0 Å². The molecule has 2 heterocycles. The first-order chi connectivity index (χ1) is 11.0. The van der Waals surface area contributed by atoms with E-state index in [4.69, 9.17) is 4.74 Å². The predicted molar refractivity (Wildman–Crippen MR) is 87.5 cm³/mol. The van der Waals surface area contributed by atoms with Crippen molar-refractivity contribution in [3.8, 4) is 0 Å². The van der Waals surface area contributed by atoms with Crippen LogP contribution in [0.1, 0.15) is 18.4 Å². The number of ether oxygens (including phenoxy) is 1. The molecule has 0 aliphatic carbocycles. The van der Waals surface area contributed by atoms with Crippen molar-refractivity contribution in [2.45, 2.75) is 30.8 Å². The van der Waals surface area contributed by atoms with Gasteiger partial charge in [-0.3, -0.25) is 4.90 Å². The molecule has 0 aromatic heterocycles. The molecule has 1 saturated heterocycles. The third-order valence-electron chi connectivity index (χ3n) is 3.95. The molecule has 0 unspecified atom stereocenters. The second-order valence-corrected chi connectivity index (χ2v) is 7.57. The van der Waals surface area contributed by atoms with Gasteiger partial charge in [-0.05, 0) is 31.9 Å². The number of hydrogen-bond donors (Lipinski definition) is 2. The lowest BCUT2D eigenvalue weighted by Gasteiger charge is -2.28. The lowest BCUT2D eigenvalue weighted by atomic mass is 10.2. The van der Waals surface area contributed by atoms with Gasteiger partial charge in [0.25, 0.3) is 10.0 Å². The molecule has 0 spiro atoms. The monoisotopic (exact) mass is 338 g/mol. The maximum atomic E-state index is 12.3. The molecule has 0 saturated carbocycles. The topological polar surface area (TPSA) is 83.0 Å². The second-order valence-electron chi connectivity index (χ2n) is 5.89. The number of nitrogens with one attached hydrogen (secondary N) is 2. The van der Waals surface area contributed by atoms with Crippen LogP contribution in [0, 0.1) is 6.92 Å². The van der Waals surface area contributed by atoms with Gasteiger partial charge in [0.2, 0.25) is 5.96 Å². The zero-order valence-corrected chi connectivity index (χ0v) is 14.0. The van der Waals surface area contributed by atoms with Crippen molar-refractivity contribution in [2.75, 3.05) is 26.5 Å². The standard InChI is InChI=1S/C15H22N4O3S/c1-12-4-6-14(7-5-12)23(20,21)18-15-16-10-19(11-17-15)9-13-3-2-8-22-13/h4-7,13H,2-3,8-11H2,1H3,(H2,16,17,18)/t13-/m0/s1. The van der Waals surface area contributed by atoms with Crippen LogP contribution in [0.3, 0.4) is 0 Å². The van der Waals surface area contributed by atoms with Crippen LogP contribution < -0.4 is 10.0 Å². The van der Waals surface area contributed by atoms with Gasteiger partial charge in [0.1, 0.15) is 0 Å². The van der Waals surface area contributed by atoms with Crippen LogP contribution >= 0.6 is 0 Å². The quantitative estimate of drug-likeness (QED) is 0.841. The summed E-state index contributed by atoms with van der Waals surface area (Å²) in [5.41, 5.74) is 1.02. The number of aryl methyl sites for hydroxylation is 1. The van der Waals surface area contributed by atoms with Crippen molar-refractivity contribution >= 4 is 16.0 Å². The van der Waals surface area contributed by atoms with Crippen LogP contribution in [0.2, 0.25) is 0 Å². The first kappa shape index (κ1) is 16.2. The van der Waals surface area contributed by atoms with Crippen LogP contribution in [-0.4, -0.2) is 51.9 Å². The van der Waals surface area contributed by atoms with Gasteiger partial charge in [-0.25, -0.2) is 18.1 Å². The van der Waals surface area contributed by atoms with Crippen molar-refractivity contribution in [3.63, 3.8) is 0 Å². The molecule has 1 atom stereocenters. The van der Waals surface area contributed by atoms with Crippen molar-refractivity contribution in [1.29, 1.82) is 0 Å². The molecule has 23 heavy (non-hydrogen) atoms. The van der Waals surface area contributed by atoms with E-state index in [2.05, 4.69) is 19.9 Å². The Morgan fingerprint density at radius 2 is 2.17 bits per heavy atom. The average Bonchev–Trinajstić information content (AvgIpc) is 3.02. The summed E-state index contributed by atoms with van der Waals surface area (Å²) in [7, 11) is -3.60. The fourth-order valence-corrected chi connectivity index (χ4v) is 3.64. The molecular weight excluding hydrogens is 316 g/mol. The van der Waals surface area contributed by atoms with E-state index in [9.17, 15) is 8.42 Å². The molecule has 0 bridgehead atoms. The fraction of sp³-hybridized carbons (Fsp3) is 0.533. The highest BCUT2D eigenvalue weighted by Crippen LogP contribution is 2.14. The number of nitrogens with zero attached hydrogens (tertiary/aromatic N) is 2. The van der Waals surface area contributed by atoms with Crippen LogP contribution in [0.25, 0.3) is 0 Å². The molecule has 8 heteroatoms. The molecule has 7 nitrogen and oxygen atoms in total. The molecule has 3 rings (SSSR count). The highest BCUT2D eigenvalue weighted by atomic mass is 32.2. The van der Waals surface area contributed by atoms with Gasteiger partial charge < -0.3 is 10.1 Å². The Morgan fingerprint density at radius 3 is 2.78 bits per heavy atom. The summed E-state index contributed by atoms with van der Waals surface area (Å²) in [5.74, 6) is 0.286. The fourth-order valence-electron chi connectivity index (χ4n) is 2.63. The SMILES string of the molecule is Cc1ccc(S(=O)(=O)NC2=NCN(C[C@@H]3CCCO3)CN2)cc1. The third kappa shape index (κ3) is 4.21. The van der Waals surface area contributed by atoms with E-state index in [-0.39, 0.29) is 17.0 Å². The molecule has 126 valence electrons. The lowest BCUT2D eigenvalue weighted by Crippen LogP contribution is -2.51. The number of rotatable bonds is 4. The van der Waals surface area contributed by atoms with Crippen molar-refractivity contribution in [1.82, 2.24) is 14.9 Å². The summed E-state index contributed by atoms with van der Waals surface area (Å²) < 4.78 is 32.7. The first-order valence-electron chi connectivity index (χ1n) is 7.75. The van der Waals surface area contributed by atoms with Crippen molar-refractivity contribution in [3.05, 3.63) is 29.8 Å². The summed E-state index contributed by atoms with van der Waals surface area (Å²) >= 11 is 0. The Labute approximate surface area is 136 Å². The molecule has 0 radical (unpaired) electrons. The number of aliphatic imine (C=N–C) groups is 1. The molecule has 2 aliphatic heterocycles. The Kier molecular flexibility index (Phi) is 4.84. The molecule has 1 aromatic carbocycles. The maximum absolute atomic E-state index is 12.3. The minimum atomic E-state index is -3.60. The summed E-state index contributed by atoms with van der Waals surface area (Å²) in [5, 5.41) is 3.01. The van der Waals surface area contributed by atoms with Gasteiger partial charge in [-0.1, -0.05) is 17.7 Å². The Balaban J connectivity index is 1.58. The highest BCUT2D eigenvalue weighted by molar-refractivity contribution is 7.90. The number of sulfonamides is 1. The van der Waals surface area contributed by atoms with Crippen LogP contribution in [0.4, 0.5) is 0 Å². The minimum Gasteiger partial charge on any atom is -0.377 e. The van der Waals surface area contributed by atoms with E-state index in [1.54, 1.807) is 24.3 Å². The van der Waals surface area contributed by atoms with Crippen molar-refractivity contribution in [2.24, 2.45) is 4.99 Å². The Morgan fingerprint density at radius 1 is 1.39 bits per heavy atom. The lowest BCUT2D eigenvalue weighted by molar-refractivity contribution is 0.0714. The van der Waals surface area contributed by atoms with E-state index in [1.165, 1.54) is 0 Å². The van der Waals surface area contributed by atoms with Gasteiger partial charge in [0, 0.05) is 13.2 Å². The molecule has 2 N–H and O–H groups in total. The Bertz CT molecular complexity index is 666. The zero-order valence-electron chi connectivity index (χ0n) is 13.2. The van der Waals surface area contributed by atoms with Crippen LogP contribution in [0.5, 0.6) is 0 Å². The average molecular weight is 338 g/mol. The third-order valence-corrected chi connectivity index (χ3v) is 5.30. The normalized spacial score (nSPS) is 22.5. The number of hydrogen-bond acceptors (Lipinski definition) is 6. The summed E-state index contributed by atoms with van der Waals surface area (Å²) in [6.07, 6.45) is 2.45. The predicted octanol–water partition coefficient (Wildman–Crippen LogP) is 0.629. The summed E-state index contributed by atoms with van der Waals surface area (Å²) in [6.45, 7) is 4.57. The van der Waals surface area contributed by atoms with E-state index >= 15 is 0 Å². The largest absolute Gasteiger partial charge is 0.377 e. The van der Waals surface area contributed by atoms with Gasteiger partial charge >= 0.3 is 0 Å². The van der Waals surface area contributed by atoms with E-state index < -0.39 is 10.0 Å².